The highest BCUT2D eigenvalue weighted by Gasteiger charge is 2.32. The number of hydrogen-bond acceptors (Lipinski definition) is 4. The van der Waals surface area contributed by atoms with Gasteiger partial charge in [-0.2, -0.15) is 0 Å². The molecule has 3 heterocycles. The van der Waals surface area contributed by atoms with Crippen molar-refractivity contribution in [2.75, 3.05) is 13.2 Å². The molecule has 0 saturated heterocycles. The molecule has 3 aliphatic rings. The Hall–Kier alpha value is -2.10. The van der Waals surface area contributed by atoms with Gasteiger partial charge in [-0.15, -0.1) is 0 Å². The standard InChI is InChI=1S/C16H17N3O/c1-2-11-9-19-10-17-15-12-5-3-4-6-14(12)20-8-7-13(15)16(19)18-11/h3-6,10-11H,2,7-9H2,1H3. The van der Waals surface area contributed by atoms with Gasteiger partial charge in [0.1, 0.15) is 11.6 Å². The zero-order valence-electron chi connectivity index (χ0n) is 11.5. The fraction of sp³-hybridized carbons (Fsp3) is 0.375. The van der Waals surface area contributed by atoms with E-state index >= 15 is 0 Å². The molecule has 3 aliphatic heterocycles. The number of rotatable bonds is 1. The van der Waals surface area contributed by atoms with Crippen molar-refractivity contribution in [1.82, 2.24) is 4.90 Å². The van der Waals surface area contributed by atoms with Gasteiger partial charge in [-0.1, -0.05) is 19.1 Å². The number of benzene rings is 1. The molecule has 0 amide bonds. The van der Waals surface area contributed by atoms with E-state index in [0.717, 1.165) is 42.2 Å². The largest absolute Gasteiger partial charge is 0.493 e. The molecule has 0 spiro atoms. The summed E-state index contributed by atoms with van der Waals surface area (Å²) in [6, 6.07) is 8.52. The summed E-state index contributed by atoms with van der Waals surface area (Å²) in [4.78, 5) is 11.7. The normalized spacial score (nSPS) is 23.6. The van der Waals surface area contributed by atoms with Gasteiger partial charge in [-0.25, -0.2) is 4.99 Å². The van der Waals surface area contributed by atoms with Crippen molar-refractivity contribution >= 4 is 17.9 Å². The predicted octanol–water partition coefficient (Wildman–Crippen LogP) is 2.71. The molecule has 1 atom stereocenters. The van der Waals surface area contributed by atoms with Crippen molar-refractivity contribution in [2.24, 2.45) is 9.98 Å². The van der Waals surface area contributed by atoms with E-state index in [2.05, 4.69) is 22.9 Å². The Balaban J connectivity index is 1.86. The Morgan fingerprint density at radius 1 is 1.35 bits per heavy atom. The molecule has 1 unspecified atom stereocenters. The highest BCUT2D eigenvalue weighted by atomic mass is 16.5. The first-order valence-corrected chi connectivity index (χ1v) is 7.21. The maximum atomic E-state index is 5.85. The number of para-hydroxylation sites is 1. The van der Waals surface area contributed by atoms with Crippen LogP contribution in [0.3, 0.4) is 0 Å². The Morgan fingerprint density at radius 3 is 3.15 bits per heavy atom. The van der Waals surface area contributed by atoms with Gasteiger partial charge >= 0.3 is 0 Å². The van der Waals surface area contributed by atoms with Gasteiger partial charge < -0.3 is 9.64 Å². The molecule has 0 fully saturated rings. The average Bonchev–Trinajstić information content (AvgIpc) is 2.82. The van der Waals surface area contributed by atoms with E-state index < -0.39 is 0 Å². The molecule has 20 heavy (non-hydrogen) atoms. The second kappa shape index (κ2) is 4.47. The van der Waals surface area contributed by atoms with Gasteiger partial charge in [0, 0.05) is 24.1 Å². The first-order chi connectivity index (χ1) is 9.86. The van der Waals surface area contributed by atoms with Crippen LogP contribution >= 0.6 is 0 Å². The van der Waals surface area contributed by atoms with Crippen LogP contribution in [0.5, 0.6) is 5.75 Å². The fourth-order valence-corrected chi connectivity index (χ4v) is 3.00. The van der Waals surface area contributed by atoms with Crippen molar-refractivity contribution in [3.05, 3.63) is 35.4 Å². The quantitative estimate of drug-likeness (QED) is 0.784. The highest BCUT2D eigenvalue weighted by Crippen LogP contribution is 2.37. The van der Waals surface area contributed by atoms with E-state index in [1.54, 1.807) is 0 Å². The molecule has 4 nitrogen and oxygen atoms in total. The molecule has 1 aromatic rings. The minimum atomic E-state index is 0.391. The lowest BCUT2D eigenvalue weighted by Crippen LogP contribution is -2.32. The SMILES string of the molecule is CCC1CN2C=NC3=C(CCOc4ccccc43)C2=N1. The van der Waals surface area contributed by atoms with Gasteiger partial charge in [-0.05, 0) is 18.6 Å². The van der Waals surface area contributed by atoms with Crippen LogP contribution in [0.15, 0.2) is 39.8 Å². The monoisotopic (exact) mass is 267 g/mol. The zero-order chi connectivity index (χ0) is 13.5. The second-order valence-electron chi connectivity index (χ2n) is 5.33. The Labute approximate surface area is 118 Å². The summed E-state index contributed by atoms with van der Waals surface area (Å²) in [7, 11) is 0. The molecule has 0 radical (unpaired) electrons. The molecule has 0 aromatic heterocycles. The first-order valence-electron chi connectivity index (χ1n) is 7.21. The molecule has 4 rings (SSSR count). The van der Waals surface area contributed by atoms with E-state index in [0.29, 0.717) is 12.6 Å². The lowest BCUT2D eigenvalue weighted by atomic mass is 10.0. The summed E-state index contributed by atoms with van der Waals surface area (Å²) in [6.07, 6.45) is 3.87. The van der Waals surface area contributed by atoms with Crippen LogP contribution in [0.1, 0.15) is 25.3 Å². The molecule has 102 valence electrons. The van der Waals surface area contributed by atoms with Crippen LogP contribution in [0.4, 0.5) is 0 Å². The molecule has 0 saturated carbocycles. The van der Waals surface area contributed by atoms with Gasteiger partial charge in [0.15, 0.2) is 0 Å². The van der Waals surface area contributed by atoms with Crippen molar-refractivity contribution in [3.63, 3.8) is 0 Å². The maximum Gasteiger partial charge on any atom is 0.134 e. The van der Waals surface area contributed by atoms with Crippen molar-refractivity contribution in [1.29, 1.82) is 0 Å². The lowest BCUT2D eigenvalue weighted by Gasteiger charge is -2.22. The van der Waals surface area contributed by atoms with E-state index in [4.69, 9.17) is 9.73 Å². The third kappa shape index (κ3) is 1.68. The molecule has 0 N–H and O–H groups in total. The van der Waals surface area contributed by atoms with Gasteiger partial charge in [0.2, 0.25) is 0 Å². The average molecular weight is 267 g/mol. The molecule has 1 aromatic carbocycles. The molecular formula is C16H17N3O. The lowest BCUT2D eigenvalue weighted by molar-refractivity contribution is 0.325. The predicted molar refractivity (Wildman–Crippen MR) is 80.2 cm³/mol. The number of ether oxygens (including phenoxy) is 1. The third-order valence-electron chi connectivity index (χ3n) is 4.09. The third-order valence-corrected chi connectivity index (χ3v) is 4.09. The van der Waals surface area contributed by atoms with Gasteiger partial charge in [0.05, 0.1) is 24.7 Å². The molecule has 0 bridgehead atoms. The van der Waals surface area contributed by atoms with E-state index in [1.807, 2.05) is 24.5 Å². The summed E-state index contributed by atoms with van der Waals surface area (Å²) in [5.74, 6) is 2.02. The Bertz CT molecular complexity index is 645. The van der Waals surface area contributed by atoms with Crippen molar-refractivity contribution in [3.8, 4) is 5.75 Å². The Kier molecular flexibility index (Phi) is 2.62. The smallest absolute Gasteiger partial charge is 0.134 e. The number of aliphatic imine (C=N–C) groups is 2. The van der Waals surface area contributed by atoms with Crippen LogP contribution < -0.4 is 4.74 Å². The number of hydrogen-bond donors (Lipinski definition) is 0. The summed E-state index contributed by atoms with van der Waals surface area (Å²) in [5, 5.41) is 0. The fourth-order valence-electron chi connectivity index (χ4n) is 3.00. The van der Waals surface area contributed by atoms with Gasteiger partial charge in [-0.3, -0.25) is 4.99 Å². The molecular weight excluding hydrogens is 250 g/mol. The van der Waals surface area contributed by atoms with Crippen LogP contribution in [-0.2, 0) is 0 Å². The van der Waals surface area contributed by atoms with Crippen LogP contribution in [-0.4, -0.2) is 36.3 Å². The second-order valence-corrected chi connectivity index (χ2v) is 5.33. The van der Waals surface area contributed by atoms with E-state index in [-0.39, 0.29) is 0 Å². The Morgan fingerprint density at radius 2 is 2.25 bits per heavy atom. The topological polar surface area (TPSA) is 37.2 Å². The number of fused-ring (bicyclic) bond motifs is 4. The summed E-state index contributed by atoms with van der Waals surface area (Å²) in [5.41, 5.74) is 3.34. The zero-order valence-corrected chi connectivity index (χ0v) is 11.5. The van der Waals surface area contributed by atoms with Crippen molar-refractivity contribution < 1.29 is 4.74 Å². The summed E-state index contributed by atoms with van der Waals surface area (Å²) >= 11 is 0. The van der Waals surface area contributed by atoms with Crippen LogP contribution in [0.25, 0.3) is 5.70 Å². The summed E-state index contributed by atoms with van der Waals surface area (Å²) in [6.45, 7) is 3.83. The first kappa shape index (κ1) is 11.7. The molecule has 0 aliphatic carbocycles. The molecule has 4 heteroatoms. The van der Waals surface area contributed by atoms with Crippen LogP contribution in [0.2, 0.25) is 0 Å². The van der Waals surface area contributed by atoms with Crippen molar-refractivity contribution in [2.45, 2.75) is 25.8 Å². The van der Waals surface area contributed by atoms with Crippen LogP contribution in [0, 0.1) is 0 Å². The highest BCUT2D eigenvalue weighted by molar-refractivity contribution is 6.13. The maximum absolute atomic E-state index is 5.85. The minimum Gasteiger partial charge on any atom is -0.493 e. The minimum absolute atomic E-state index is 0.391. The van der Waals surface area contributed by atoms with E-state index in [9.17, 15) is 0 Å². The summed E-state index contributed by atoms with van der Waals surface area (Å²) < 4.78 is 5.85. The van der Waals surface area contributed by atoms with E-state index in [1.165, 1.54) is 5.57 Å². The number of amidine groups is 1. The van der Waals surface area contributed by atoms with Gasteiger partial charge in [0.25, 0.3) is 0 Å². The number of nitrogens with zero attached hydrogens (tertiary/aromatic N) is 3.